The van der Waals surface area contributed by atoms with E-state index in [1.807, 2.05) is 6.92 Å². The van der Waals surface area contributed by atoms with Crippen LogP contribution in [0, 0.1) is 0 Å². The van der Waals surface area contributed by atoms with Crippen LogP contribution < -0.4 is 5.32 Å². The SMILES string of the molecule is CCCCC(=O)NCC(Cl)C(=O)OC. The summed E-state index contributed by atoms with van der Waals surface area (Å²) < 4.78 is 4.40. The number of nitrogens with one attached hydrogen (secondary N) is 1. The Bertz CT molecular complexity index is 196. The molecule has 5 heteroatoms. The zero-order valence-corrected chi connectivity index (χ0v) is 9.26. The Morgan fingerprint density at radius 2 is 2.14 bits per heavy atom. The van der Waals surface area contributed by atoms with Crippen molar-refractivity contribution in [2.24, 2.45) is 0 Å². The second-order valence-corrected chi connectivity index (χ2v) is 3.43. The minimum Gasteiger partial charge on any atom is -0.468 e. The van der Waals surface area contributed by atoms with Crippen LogP contribution in [0.4, 0.5) is 0 Å². The molecule has 0 aromatic carbocycles. The second-order valence-electron chi connectivity index (χ2n) is 2.90. The fourth-order valence-electron chi connectivity index (χ4n) is 0.840. The third-order valence-electron chi connectivity index (χ3n) is 1.69. The van der Waals surface area contributed by atoms with Crippen molar-refractivity contribution < 1.29 is 14.3 Å². The topological polar surface area (TPSA) is 55.4 Å². The molecule has 0 spiro atoms. The summed E-state index contributed by atoms with van der Waals surface area (Å²) in [6, 6.07) is 0. The zero-order valence-electron chi connectivity index (χ0n) is 8.51. The van der Waals surface area contributed by atoms with Crippen LogP contribution in [0.15, 0.2) is 0 Å². The molecule has 0 bridgehead atoms. The lowest BCUT2D eigenvalue weighted by Gasteiger charge is -2.08. The number of methoxy groups -OCH3 is 1. The van der Waals surface area contributed by atoms with Crippen molar-refractivity contribution in [2.75, 3.05) is 13.7 Å². The molecule has 1 unspecified atom stereocenters. The predicted molar refractivity (Wildman–Crippen MR) is 54.2 cm³/mol. The van der Waals surface area contributed by atoms with Crippen LogP contribution in [0.1, 0.15) is 26.2 Å². The number of hydrogen-bond acceptors (Lipinski definition) is 3. The Kier molecular flexibility index (Phi) is 7.20. The van der Waals surface area contributed by atoms with Gasteiger partial charge in [0, 0.05) is 13.0 Å². The molecular formula is C9H16ClNO3. The molecule has 0 saturated carbocycles. The van der Waals surface area contributed by atoms with Gasteiger partial charge in [0.05, 0.1) is 7.11 Å². The van der Waals surface area contributed by atoms with E-state index in [0.29, 0.717) is 6.42 Å². The maximum atomic E-state index is 11.1. The largest absolute Gasteiger partial charge is 0.468 e. The summed E-state index contributed by atoms with van der Waals surface area (Å²) in [5.41, 5.74) is 0. The second kappa shape index (κ2) is 7.62. The number of hydrogen-bond donors (Lipinski definition) is 1. The van der Waals surface area contributed by atoms with Crippen molar-refractivity contribution in [3.05, 3.63) is 0 Å². The molecule has 14 heavy (non-hydrogen) atoms. The predicted octanol–water partition coefficient (Wildman–Crippen LogP) is 1.07. The molecular weight excluding hydrogens is 206 g/mol. The summed E-state index contributed by atoms with van der Waals surface area (Å²) in [7, 11) is 1.26. The van der Waals surface area contributed by atoms with E-state index in [2.05, 4.69) is 10.1 Å². The van der Waals surface area contributed by atoms with Crippen LogP contribution in [-0.4, -0.2) is 30.9 Å². The summed E-state index contributed by atoms with van der Waals surface area (Å²) in [5.74, 6) is -0.608. The number of halogens is 1. The normalized spacial score (nSPS) is 11.9. The summed E-state index contributed by atoms with van der Waals surface area (Å²) >= 11 is 5.62. The van der Waals surface area contributed by atoms with Gasteiger partial charge in [0.2, 0.25) is 5.91 Å². The molecule has 1 amide bonds. The van der Waals surface area contributed by atoms with Crippen LogP contribution in [-0.2, 0) is 14.3 Å². The Hall–Kier alpha value is -0.770. The van der Waals surface area contributed by atoms with Gasteiger partial charge in [-0.1, -0.05) is 13.3 Å². The van der Waals surface area contributed by atoms with Crippen molar-refractivity contribution >= 4 is 23.5 Å². The number of rotatable bonds is 6. The van der Waals surface area contributed by atoms with Crippen LogP contribution in [0.2, 0.25) is 0 Å². The molecule has 0 rings (SSSR count). The molecule has 0 fully saturated rings. The third kappa shape index (κ3) is 5.80. The van der Waals surface area contributed by atoms with Gasteiger partial charge >= 0.3 is 5.97 Å². The maximum Gasteiger partial charge on any atom is 0.325 e. The van der Waals surface area contributed by atoms with E-state index in [4.69, 9.17) is 11.6 Å². The van der Waals surface area contributed by atoms with Crippen molar-refractivity contribution in [2.45, 2.75) is 31.6 Å². The Labute approximate surface area is 88.9 Å². The van der Waals surface area contributed by atoms with E-state index in [-0.39, 0.29) is 12.5 Å². The van der Waals surface area contributed by atoms with E-state index in [9.17, 15) is 9.59 Å². The minimum atomic E-state index is -0.800. The average Bonchev–Trinajstić information content (AvgIpc) is 2.21. The van der Waals surface area contributed by atoms with Gasteiger partial charge in [-0.25, -0.2) is 0 Å². The molecule has 1 N–H and O–H groups in total. The Balaban J connectivity index is 3.60. The van der Waals surface area contributed by atoms with E-state index in [0.717, 1.165) is 12.8 Å². The van der Waals surface area contributed by atoms with Gasteiger partial charge in [0.15, 0.2) is 0 Å². The molecule has 0 heterocycles. The van der Waals surface area contributed by atoms with Gasteiger partial charge in [0.1, 0.15) is 5.38 Å². The first-order valence-electron chi connectivity index (χ1n) is 4.60. The van der Waals surface area contributed by atoms with Crippen LogP contribution >= 0.6 is 11.6 Å². The fraction of sp³-hybridized carbons (Fsp3) is 0.778. The van der Waals surface area contributed by atoms with E-state index in [1.165, 1.54) is 7.11 Å². The van der Waals surface area contributed by atoms with Crippen molar-refractivity contribution in [1.29, 1.82) is 0 Å². The minimum absolute atomic E-state index is 0.0820. The molecule has 0 aliphatic rings. The third-order valence-corrected chi connectivity index (χ3v) is 2.03. The first-order chi connectivity index (χ1) is 6.61. The molecule has 4 nitrogen and oxygen atoms in total. The first-order valence-corrected chi connectivity index (χ1v) is 5.04. The molecule has 0 aliphatic heterocycles. The van der Waals surface area contributed by atoms with Gasteiger partial charge in [-0.15, -0.1) is 11.6 Å². The average molecular weight is 222 g/mol. The van der Waals surface area contributed by atoms with E-state index < -0.39 is 11.3 Å². The van der Waals surface area contributed by atoms with Gasteiger partial charge in [-0.2, -0.15) is 0 Å². The lowest BCUT2D eigenvalue weighted by Crippen LogP contribution is -2.34. The molecule has 82 valence electrons. The summed E-state index contributed by atoms with van der Waals surface area (Å²) in [5, 5.41) is 1.76. The van der Waals surface area contributed by atoms with Gasteiger partial charge in [-0.3, -0.25) is 9.59 Å². The lowest BCUT2D eigenvalue weighted by molar-refractivity contribution is -0.140. The number of alkyl halides is 1. The number of ether oxygens (including phenoxy) is 1. The van der Waals surface area contributed by atoms with Crippen LogP contribution in [0.25, 0.3) is 0 Å². The summed E-state index contributed by atoms with van der Waals surface area (Å²) in [6.07, 6.45) is 2.28. The van der Waals surface area contributed by atoms with Crippen molar-refractivity contribution in [3.63, 3.8) is 0 Å². The highest BCUT2D eigenvalue weighted by Crippen LogP contribution is 1.98. The van der Waals surface area contributed by atoms with E-state index >= 15 is 0 Å². The Morgan fingerprint density at radius 3 is 2.64 bits per heavy atom. The van der Waals surface area contributed by atoms with Gasteiger partial charge < -0.3 is 10.1 Å². The monoisotopic (exact) mass is 221 g/mol. The summed E-state index contributed by atoms with van der Waals surface area (Å²) in [4.78, 5) is 21.9. The van der Waals surface area contributed by atoms with Crippen LogP contribution in [0.3, 0.4) is 0 Å². The number of amides is 1. The van der Waals surface area contributed by atoms with Crippen LogP contribution in [0.5, 0.6) is 0 Å². The number of carbonyl (C=O) groups excluding carboxylic acids is 2. The molecule has 0 aromatic rings. The quantitative estimate of drug-likeness (QED) is 0.539. The molecule has 0 radical (unpaired) electrons. The Morgan fingerprint density at radius 1 is 1.50 bits per heavy atom. The van der Waals surface area contributed by atoms with Crippen molar-refractivity contribution in [1.82, 2.24) is 5.32 Å². The fourth-order valence-corrected chi connectivity index (χ4v) is 1.01. The molecule has 0 aromatic heterocycles. The van der Waals surface area contributed by atoms with E-state index in [1.54, 1.807) is 0 Å². The smallest absolute Gasteiger partial charge is 0.325 e. The maximum absolute atomic E-state index is 11.1. The number of esters is 1. The molecule has 1 atom stereocenters. The van der Waals surface area contributed by atoms with Gasteiger partial charge in [0.25, 0.3) is 0 Å². The highest BCUT2D eigenvalue weighted by Gasteiger charge is 2.15. The van der Waals surface area contributed by atoms with Gasteiger partial charge in [-0.05, 0) is 6.42 Å². The zero-order chi connectivity index (χ0) is 11.0. The molecule has 0 aliphatic carbocycles. The standard InChI is InChI=1S/C9H16ClNO3/c1-3-4-5-8(12)11-6-7(10)9(13)14-2/h7H,3-6H2,1-2H3,(H,11,12). The summed E-state index contributed by atoms with van der Waals surface area (Å²) in [6.45, 7) is 2.13. The lowest BCUT2D eigenvalue weighted by atomic mass is 10.2. The van der Waals surface area contributed by atoms with Crippen molar-refractivity contribution in [3.8, 4) is 0 Å². The number of unbranched alkanes of at least 4 members (excludes halogenated alkanes) is 1. The highest BCUT2D eigenvalue weighted by molar-refractivity contribution is 6.30. The number of carbonyl (C=O) groups is 2. The first kappa shape index (κ1) is 13.2. The highest BCUT2D eigenvalue weighted by atomic mass is 35.5. The molecule has 0 saturated heterocycles.